The zero-order valence-corrected chi connectivity index (χ0v) is 26.8. The van der Waals surface area contributed by atoms with E-state index < -0.39 is 67.8 Å². The number of anilines is 1. The Bertz CT molecular complexity index is 1440. The first-order valence-corrected chi connectivity index (χ1v) is 16.2. The number of nitrogens with one attached hydrogen (secondary N) is 2. The quantitative estimate of drug-likeness (QED) is 0.155. The number of alkyl halides is 1. The van der Waals surface area contributed by atoms with E-state index in [9.17, 15) is 24.1 Å². The summed E-state index contributed by atoms with van der Waals surface area (Å²) in [5.74, 6) is -0.365. The van der Waals surface area contributed by atoms with Crippen molar-refractivity contribution in [3.8, 4) is 5.75 Å². The van der Waals surface area contributed by atoms with E-state index in [4.69, 9.17) is 18.5 Å². The molecule has 248 valence electrons. The molecule has 0 saturated carbocycles. The molecule has 2 aromatic rings. The minimum absolute atomic E-state index is 0.156. The van der Waals surface area contributed by atoms with Crippen molar-refractivity contribution in [1.29, 1.82) is 0 Å². The van der Waals surface area contributed by atoms with Crippen molar-refractivity contribution in [2.24, 2.45) is 0 Å². The number of likely N-dealkylation sites (tertiary alicyclic amines) is 1. The first-order valence-electron chi connectivity index (χ1n) is 14.7. The van der Waals surface area contributed by atoms with Crippen molar-refractivity contribution in [3.63, 3.8) is 0 Å². The van der Waals surface area contributed by atoms with Crippen LogP contribution in [0.25, 0.3) is 0 Å². The predicted octanol–water partition coefficient (Wildman–Crippen LogP) is 2.44. The first-order chi connectivity index (χ1) is 21.2. The average Bonchev–Trinajstić information content (AvgIpc) is 3.46. The highest BCUT2D eigenvalue weighted by Crippen LogP contribution is 2.47. The molecule has 1 aromatic carbocycles. The number of ether oxygens (including phenoxy) is 2. The highest BCUT2D eigenvalue weighted by Gasteiger charge is 2.56. The molecule has 0 bridgehead atoms. The summed E-state index contributed by atoms with van der Waals surface area (Å²) in [5.41, 5.74) is -4.07. The van der Waals surface area contributed by atoms with Crippen LogP contribution in [-0.2, 0) is 28.2 Å². The summed E-state index contributed by atoms with van der Waals surface area (Å²) in [6.07, 6.45) is -1.57. The number of nitrogens with zero attached hydrogens (tertiary/aromatic N) is 3. The lowest BCUT2D eigenvalue weighted by Gasteiger charge is -2.30. The molecule has 1 unspecified atom stereocenters. The van der Waals surface area contributed by atoms with Gasteiger partial charge in [0.15, 0.2) is 11.9 Å². The number of esters is 1. The Kier molecular flexibility index (Phi) is 10.8. The maximum atomic E-state index is 15.9. The lowest BCUT2D eigenvalue weighted by molar-refractivity contribution is -0.149. The Hall–Kier alpha value is -3.20. The van der Waals surface area contributed by atoms with Crippen LogP contribution in [0.5, 0.6) is 5.75 Å². The number of halogens is 1. The van der Waals surface area contributed by atoms with E-state index in [0.717, 1.165) is 30.7 Å². The molecule has 1 aromatic heterocycles. The fourth-order valence-electron chi connectivity index (χ4n) is 5.24. The van der Waals surface area contributed by atoms with E-state index >= 15 is 4.39 Å². The number of rotatable bonds is 14. The smallest absolute Gasteiger partial charge is 0.459 e. The van der Waals surface area contributed by atoms with E-state index in [1.54, 1.807) is 32.0 Å². The van der Waals surface area contributed by atoms with Gasteiger partial charge >= 0.3 is 19.4 Å². The van der Waals surface area contributed by atoms with E-state index in [1.807, 2.05) is 11.9 Å². The summed E-state index contributed by atoms with van der Waals surface area (Å²) in [4.78, 5) is 43.1. The number of aliphatic hydroxyl groups excluding tert-OH is 1. The Morgan fingerprint density at radius 2 is 2.00 bits per heavy atom. The standard InChI is InChI=1S/C29H41FN5O9P/c1-19(2)42-25(38)20(3)33-45(40,44-21-10-7-6-8-11-21)41-16-22-24(37)28(4,30)26(43-22)35-15-12-23(32-27(35)39)31-17-29(18-36)13-9-14-34(29)5/h6-8,10-12,15,18-20,22,24,26,37H,9,13-14,16-17H2,1-5H3,(H,33,40)(H,31,32,39)/t20-,22-,24-,26-,28-,29-,45?/m1/s1. The lowest BCUT2D eigenvalue weighted by Crippen LogP contribution is -2.48. The van der Waals surface area contributed by atoms with Gasteiger partial charge in [0.1, 0.15) is 36.1 Å². The molecule has 45 heavy (non-hydrogen) atoms. The van der Waals surface area contributed by atoms with Crippen molar-refractivity contribution >= 4 is 25.8 Å². The molecule has 16 heteroatoms. The van der Waals surface area contributed by atoms with Gasteiger partial charge in [-0.3, -0.25) is 18.8 Å². The number of aldehydes is 1. The van der Waals surface area contributed by atoms with Crippen LogP contribution in [0, 0.1) is 0 Å². The van der Waals surface area contributed by atoms with Crippen molar-refractivity contribution in [1.82, 2.24) is 19.5 Å². The van der Waals surface area contributed by atoms with E-state index in [0.29, 0.717) is 6.42 Å². The minimum Gasteiger partial charge on any atom is -0.462 e. The Labute approximate surface area is 260 Å². The molecule has 0 amide bonds. The van der Waals surface area contributed by atoms with Crippen LogP contribution < -0.4 is 20.6 Å². The van der Waals surface area contributed by atoms with Crippen LogP contribution in [0.1, 0.15) is 46.8 Å². The van der Waals surface area contributed by atoms with Gasteiger partial charge in [-0.05, 0) is 72.3 Å². The van der Waals surface area contributed by atoms with Gasteiger partial charge in [0.2, 0.25) is 0 Å². The molecule has 4 rings (SSSR count). The highest BCUT2D eigenvalue weighted by molar-refractivity contribution is 7.52. The Morgan fingerprint density at radius 1 is 1.29 bits per heavy atom. The number of aliphatic hydroxyl groups is 1. The third kappa shape index (κ3) is 7.97. The molecule has 2 aliphatic heterocycles. The van der Waals surface area contributed by atoms with Crippen LogP contribution in [0.4, 0.5) is 10.2 Å². The molecule has 0 radical (unpaired) electrons. The van der Waals surface area contributed by atoms with Gasteiger partial charge in [-0.25, -0.2) is 13.8 Å². The SMILES string of the molecule is CC(C)OC(=O)[C@@H](C)NP(=O)(OC[C@H]1O[C@@H](n2ccc(NC[C@@]3(C=O)CCCN3C)nc2=O)[C@](C)(F)[C@@H]1O)Oc1ccccc1. The maximum absolute atomic E-state index is 15.9. The average molecular weight is 654 g/mol. The molecular formula is C29H41FN5O9P. The molecule has 2 aliphatic rings. The van der Waals surface area contributed by atoms with Gasteiger partial charge in [-0.1, -0.05) is 18.2 Å². The monoisotopic (exact) mass is 653 g/mol. The van der Waals surface area contributed by atoms with Gasteiger partial charge in [0, 0.05) is 12.7 Å². The van der Waals surface area contributed by atoms with E-state index in [-0.39, 0.29) is 18.1 Å². The summed E-state index contributed by atoms with van der Waals surface area (Å²) in [6.45, 7) is 6.16. The number of hydrogen-bond acceptors (Lipinski definition) is 12. The number of benzene rings is 1. The van der Waals surface area contributed by atoms with Gasteiger partial charge in [-0.2, -0.15) is 10.1 Å². The third-order valence-corrected chi connectivity index (χ3v) is 9.54. The predicted molar refractivity (Wildman–Crippen MR) is 162 cm³/mol. The molecule has 14 nitrogen and oxygen atoms in total. The van der Waals surface area contributed by atoms with Crippen molar-refractivity contribution in [2.45, 2.75) is 82.3 Å². The zero-order chi connectivity index (χ0) is 33.0. The van der Waals surface area contributed by atoms with Crippen LogP contribution in [0.15, 0.2) is 47.4 Å². The molecule has 3 N–H and O–H groups in total. The van der Waals surface area contributed by atoms with Gasteiger partial charge in [0.05, 0.1) is 18.2 Å². The lowest BCUT2D eigenvalue weighted by atomic mass is 9.98. The fraction of sp³-hybridized carbons (Fsp3) is 0.586. The topological polar surface area (TPSA) is 171 Å². The summed E-state index contributed by atoms with van der Waals surface area (Å²) in [7, 11) is -2.48. The number of likely N-dealkylation sites (N-methyl/N-ethyl adjacent to an activating group) is 1. The van der Waals surface area contributed by atoms with Gasteiger partial charge < -0.3 is 29.2 Å². The summed E-state index contributed by atoms with van der Waals surface area (Å²) >= 11 is 0. The molecule has 2 saturated heterocycles. The number of para-hydroxylation sites is 1. The third-order valence-electron chi connectivity index (χ3n) is 7.89. The van der Waals surface area contributed by atoms with E-state index in [2.05, 4.69) is 15.4 Å². The molecular weight excluding hydrogens is 612 g/mol. The zero-order valence-electron chi connectivity index (χ0n) is 25.9. The number of carbonyl (C=O) groups is 2. The number of aromatic nitrogens is 2. The van der Waals surface area contributed by atoms with Crippen LogP contribution in [0.3, 0.4) is 0 Å². The highest BCUT2D eigenvalue weighted by atomic mass is 31.2. The summed E-state index contributed by atoms with van der Waals surface area (Å²) in [5, 5.41) is 16.4. The van der Waals surface area contributed by atoms with Crippen LogP contribution >= 0.6 is 7.75 Å². The number of carbonyl (C=O) groups excluding carboxylic acids is 2. The molecule has 0 aliphatic carbocycles. The van der Waals surface area contributed by atoms with Crippen molar-refractivity contribution < 1.29 is 42.2 Å². The molecule has 2 fully saturated rings. The second kappa shape index (κ2) is 14.1. The Balaban J connectivity index is 1.47. The minimum atomic E-state index is -4.33. The number of hydrogen-bond donors (Lipinski definition) is 3. The van der Waals surface area contributed by atoms with Crippen molar-refractivity contribution in [3.05, 3.63) is 53.1 Å². The van der Waals surface area contributed by atoms with E-state index in [1.165, 1.54) is 31.3 Å². The molecule has 3 heterocycles. The van der Waals surface area contributed by atoms with Crippen molar-refractivity contribution in [2.75, 3.05) is 32.1 Å². The Morgan fingerprint density at radius 3 is 2.60 bits per heavy atom. The second-order valence-corrected chi connectivity index (χ2v) is 13.5. The molecule has 7 atom stereocenters. The maximum Gasteiger partial charge on any atom is 0.459 e. The van der Waals surface area contributed by atoms with Gasteiger partial charge in [-0.15, -0.1) is 0 Å². The van der Waals surface area contributed by atoms with Crippen LogP contribution in [-0.4, -0.2) is 94.1 Å². The molecule has 0 spiro atoms. The van der Waals surface area contributed by atoms with Crippen LogP contribution in [0.2, 0.25) is 0 Å². The summed E-state index contributed by atoms with van der Waals surface area (Å²) < 4.78 is 52.7. The first kappa shape index (κ1) is 34.7. The van der Waals surface area contributed by atoms with Gasteiger partial charge in [0.25, 0.3) is 0 Å². The largest absolute Gasteiger partial charge is 0.462 e. The summed E-state index contributed by atoms with van der Waals surface area (Å²) in [6, 6.07) is 8.35. The normalized spacial score (nSPS) is 28.8. The fourth-order valence-corrected chi connectivity index (χ4v) is 6.74. The second-order valence-electron chi connectivity index (χ2n) is 11.8.